The maximum absolute atomic E-state index is 12.8. The van der Waals surface area contributed by atoms with Crippen LogP contribution in [-0.2, 0) is 19.9 Å². The van der Waals surface area contributed by atoms with Gasteiger partial charge in [-0.15, -0.1) is 0 Å². The van der Waals surface area contributed by atoms with E-state index in [9.17, 15) is 9.59 Å². The van der Waals surface area contributed by atoms with Gasteiger partial charge >= 0.3 is 5.97 Å². The Hall–Kier alpha value is -2.66. The van der Waals surface area contributed by atoms with E-state index in [4.69, 9.17) is 4.74 Å². The van der Waals surface area contributed by atoms with Crippen molar-refractivity contribution < 1.29 is 14.3 Å². The van der Waals surface area contributed by atoms with E-state index in [2.05, 4.69) is 10.6 Å². The van der Waals surface area contributed by atoms with Crippen molar-refractivity contribution in [1.29, 1.82) is 0 Å². The summed E-state index contributed by atoms with van der Waals surface area (Å²) in [6, 6.07) is 17.1. The summed E-state index contributed by atoms with van der Waals surface area (Å²) in [6.07, 6.45) is 0.377. The molecule has 24 heavy (non-hydrogen) atoms. The summed E-state index contributed by atoms with van der Waals surface area (Å²) in [6.45, 7) is 0. The van der Waals surface area contributed by atoms with E-state index in [1.54, 1.807) is 0 Å². The Balaban J connectivity index is 1.80. The second-order valence-corrected chi connectivity index (χ2v) is 6.27. The van der Waals surface area contributed by atoms with Gasteiger partial charge in [0, 0.05) is 17.3 Å². The highest BCUT2D eigenvalue weighted by molar-refractivity contribution is 6.06. The standard InChI is InChI=1S/C19H18N2O3/c1-24-17(22)13-11-19(21-16(13)12-7-3-2-4-8-12)14-9-5-6-10-15(14)20-18(19)23/h2-10,13,16,21H,11H2,1H3,(H,20,23)/t13-,16-,19-/m0/s1. The molecule has 5 heteroatoms. The van der Waals surface area contributed by atoms with Gasteiger partial charge in [-0.3, -0.25) is 14.9 Å². The van der Waals surface area contributed by atoms with Crippen LogP contribution in [0.3, 0.4) is 0 Å². The number of hydrogen-bond donors (Lipinski definition) is 2. The van der Waals surface area contributed by atoms with Crippen molar-refractivity contribution in [2.75, 3.05) is 12.4 Å². The largest absolute Gasteiger partial charge is 0.469 e. The number of fused-ring (bicyclic) bond motifs is 2. The van der Waals surface area contributed by atoms with Crippen LogP contribution in [-0.4, -0.2) is 19.0 Å². The van der Waals surface area contributed by atoms with Gasteiger partial charge in [-0.1, -0.05) is 48.5 Å². The van der Waals surface area contributed by atoms with Crippen LogP contribution in [0.1, 0.15) is 23.6 Å². The molecule has 2 aromatic carbocycles. The molecule has 0 bridgehead atoms. The summed E-state index contributed by atoms with van der Waals surface area (Å²) in [7, 11) is 1.39. The molecule has 0 aliphatic carbocycles. The van der Waals surface area contributed by atoms with Gasteiger partial charge < -0.3 is 10.1 Å². The molecule has 1 amide bonds. The molecule has 2 N–H and O–H groups in total. The van der Waals surface area contributed by atoms with Gasteiger partial charge in [-0.2, -0.15) is 0 Å². The van der Waals surface area contributed by atoms with Gasteiger partial charge in [0.1, 0.15) is 5.54 Å². The highest BCUT2D eigenvalue weighted by Gasteiger charge is 2.57. The number of ether oxygens (including phenoxy) is 1. The average molecular weight is 322 g/mol. The molecule has 2 aliphatic rings. The lowest BCUT2D eigenvalue weighted by Crippen LogP contribution is -2.43. The van der Waals surface area contributed by atoms with E-state index in [-0.39, 0.29) is 17.9 Å². The van der Waals surface area contributed by atoms with E-state index < -0.39 is 11.5 Å². The molecule has 4 rings (SSSR count). The van der Waals surface area contributed by atoms with Gasteiger partial charge in [-0.05, 0) is 18.1 Å². The zero-order valence-electron chi connectivity index (χ0n) is 13.3. The zero-order chi connectivity index (χ0) is 16.7. The lowest BCUT2D eigenvalue weighted by molar-refractivity contribution is -0.145. The second kappa shape index (κ2) is 5.46. The van der Waals surface area contributed by atoms with E-state index in [0.29, 0.717) is 6.42 Å². The van der Waals surface area contributed by atoms with Crippen LogP contribution in [0.2, 0.25) is 0 Å². The first-order valence-electron chi connectivity index (χ1n) is 7.97. The van der Waals surface area contributed by atoms with Crippen LogP contribution in [0.4, 0.5) is 5.69 Å². The van der Waals surface area contributed by atoms with Gasteiger partial charge in [0.2, 0.25) is 5.91 Å². The molecule has 0 saturated carbocycles. The highest BCUT2D eigenvalue weighted by atomic mass is 16.5. The minimum Gasteiger partial charge on any atom is -0.469 e. The minimum absolute atomic E-state index is 0.115. The number of carbonyl (C=O) groups is 2. The maximum atomic E-state index is 12.8. The van der Waals surface area contributed by atoms with Gasteiger partial charge in [-0.25, -0.2) is 0 Å². The summed E-state index contributed by atoms with van der Waals surface area (Å²) < 4.78 is 5.00. The Morgan fingerprint density at radius 1 is 1.12 bits per heavy atom. The van der Waals surface area contributed by atoms with Gasteiger partial charge in [0.15, 0.2) is 0 Å². The topological polar surface area (TPSA) is 67.4 Å². The molecule has 1 fully saturated rings. The van der Waals surface area contributed by atoms with Crippen molar-refractivity contribution in [2.45, 2.75) is 18.0 Å². The van der Waals surface area contributed by atoms with E-state index >= 15 is 0 Å². The maximum Gasteiger partial charge on any atom is 0.310 e. The summed E-state index contributed by atoms with van der Waals surface area (Å²) in [5, 5.41) is 6.37. The summed E-state index contributed by atoms with van der Waals surface area (Å²) in [5.74, 6) is -0.837. The predicted octanol–water partition coefficient (Wildman–Crippen LogP) is 2.36. The first-order valence-corrected chi connectivity index (χ1v) is 7.97. The molecular formula is C19H18N2O3. The molecule has 0 aromatic heterocycles. The Labute approximate surface area is 140 Å². The third-order valence-electron chi connectivity index (χ3n) is 5.02. The molecule has 2 heterocycles. The van der Waals surface area contributed by atoms with Crippen molar-refractivity contribution in [3.05, 3.63) is 65.7 Å². The van der Waals surface area contributed by atoms with Crippen LogP contribution < -0.4 is 10.6 Å². The number of methoxy groups -OCH3 is 1. The van der Waals surface area contributed by atoms with Gasteiger partial charge in [0.05, 0.1) is 13.0 Å². The number of hydrogen-bond acceptors (Lipinski definition) is 4. The fourth-order valence-electron chi connectivity index (χ4n) is 3.88. The molecule has 122 valence electrons. The number of amides is 1. The summed E-state index contributed by atoms with van der Waals surface area (Å²) >= 11 is 0. The van der Waals surface area contributed by atoms with E-state index in [1.165, 1.54) is 7.11 Å². The third kappa shape index (κ3) is 2.05. The number of nitrogens with one attached hydrogen (secondary N) is 2. The number of benzene rings is 2. The normalized spacial score (nSPS) is 27.8. The number of para-hydroxylation sites is 1. The molecule has 0 unspecified atom stereocenters. The van der Waals surface area contributed by atoms with E-state index in [0.717, 1.165) is 16.8 Å². The quantitative estimate of drug-likeness (QED) is 0.833. The minimum atomic E-state index is -0.893. The SMILES string of the molecule is COC(=O)[C@H]1C[C@@]2(N[C@H]1c1ccccc1)C(=O)Nc1ccccc12. The number of anilines is 1. The molecule has 1 spiro atoms. The van der Waals surface area contributed by atoms with Crippen LogP contribution in [0, 0.1) is 5.92 Å². The second-order valence-electron chi connectivity index (χ2n) is 6.27. The molecule has 2 aliphatic heterocycles. The number of carbonyl (C=O) groups excluding carboxylic acids is 2. The van der Waals surface area contributed by atoms with Crippen molar-refractivity contribution in [2.24, 2.45) is 5.92 Å². The monoisotopic (exact) mass is 322 g/mol. The Morgan fingerprint density at radius 2 is 1.83 bits per heavy atom. The highest BCUT2D eigenvalue weighted by Crippen LogP contribution is 2.49. The lowest BCUT2D eigenvalue weighted by atomic mass is 9.85. The van der Waals surface area contributed by atoms with Crippen LogP contribution in [0.25, 0.3) is 0 Å². The fourth-order valence-corrected chi connectivity index (χ4v) is 3.88. The molecule has 5 nitrogen and oxygen atoms in total. The molecule has 2 aromatic rings. The van der Waals surface area contributed by atoms with Crippen molar-refractivity contribution in [3.63, 3.8) is 0 Å². The number of rotatable bonds is 2. The van der Waals surface area contributed by atoms with Crippen molar-refractivity contribution in [3.8, 4) is 0 Å². The third-order valence-corrected chi connectivity index (χ3v) is 5.02. The Morgan fingerprint density at radius 3 is 2.58 bits per heavy atom. The Kier molecular flexibility index (Phi) is 3.39. The number of esters is 1. The first-order chi connectivity index (χ1) is 11.7. The summed E-state index contributed by atoms with van der Waals surface area (Å²) in [5.41, 5.74) is 1.77. The smallest absolute Gasteiger partial charge is 0.310 e. The van der Waals surface area contributed by atoms with Crippen LogP contribution in [0.15, 0.2) is 54.6 Å². The summed E-state index contributed by atoms with van der Waals surface area (Å²) in [4.78, 5) is 25.1. The predicted molar refractivity (Wildman–Crippen MR) is 89.2 cm³/mol. The van der Waals surface area contributed by atoms with Crippen LogP contribution in [0.5, 0.6) is 0 Å². The van der Waals surface area contributed by atoms with Crippen molar-refractivity contribution >= 4 is 17.6 Å². The molecule has 0 radical (unpaired) electrons. The molecule has 1 saturated heterocycles. The van der Waals surface area contributed by atoms with Crippen molar-refractivity contribution in [1.82, 2.24) is 5.32 Å². The van der Waals surface area contributed by atoms with Crippen LogP contribution >= 0.6 is 0 Å². The molecular weight excluding hydrogens is 304 g/mol. The fraction of sp³-hybridized carbons (Fsp3) is 0.263. The lowest BCUT2D eigenvalue weighted by Gasteiger charge is -2.23. The zero-order valence-corrected chi connectivity index (χ0v) is 13.3. The molecule has 3 atom stereocenters. The van der Waals surface area contributed by atoms with E-state index in [1.807, 2.05) is 54.6 Å². The Bertz CT molecular complexity index is 805. The first kappa shape index (κ1) is 14.9. The van der Waals surface area contributed by atoms with Gasteiger partial charge in [0.25, 0.3) is 0 Å². The average Bonchev–Trinajstić information content (AvgIpc) is 3.15.